The van der Waals surface area contributed by atoms with Crippen molar-refractivity contribution in [2.75, 3.05) is 6.54 Å². The van der Waals surface area contributed by atoms with Crippen LogP contribution in [0.2, 0.25) is 0 Å². The summed E-state index contributed by atoms with van der Waals surface area (Å²) in [6.07, 6.45) is 3.93. The molecular formula is C14H18F2N2O. The molecule has 1 aliphatic carbocycles. The largest absolute Gasteiger partial charge is 0.334 e. The molecule has 1 aliphatic rings. The van der Waals surface area contributed by atoms with E-state index in [9.17, 15) is 13.6 Å². The Labute approximate surface area is 111 Å². The number of nitrogens with zero attached hydrogens (tertiary/aromatic N) is 1. The van der Waals surface area contributed by atoms with E-state index in [4.69, 9.17) is 5.73 Å². The maximum absolute atomic E-state index is 13.6. The van der Waals surface area contributed by atoms with Gasteiger partial charge in [-0.15, -0.1) is 0 Å². The molecule has 0 heterocycles. The Kier molecular flexibility index (Phi) is 4.47. The van der Waals surface area contributed by atoms with E-state index in [2.05, 4.69) is 0 Å². The second-order valence-electron chi connectivity index (χ2n) is 4.90. The molecule has 0 aliphatic heterocycles. The minimum atomic E-state index is -0.497. The Balaban J connectivity index is 2.19. The number of carbonyl (C=O) groups is 1. The van der Waals surface area contributed by atoms with Gasteiger partial charge in [-0.05, 0) is 31.0 Å². The van der Waals surface area contributed by atoms with E-state index >= 15 is 0 Å². The maximum atomic E-state index is 13.6. The van der Waals surface area contributed by atoms with Gasteiger partial charge in [-0.3, -0.25) is 4.79 Å². The van der Waals surface area contributed by atoms with Gasteiger partial charge in [0.05, 0.1) is 6.54 Å². The lowest BCUT2D eigenvalue weighted by Gasteiger charge is -2.29. The van der Waals surface area contributed by atoms with Gasteiger partial charge >= 0.3 is 0 Å². The van der Waals surface area contributed by atoms with Crippen LogP contribution in [0.3, 0.4) is 0 Å². The van der Waals surface area contributed by atoms with Gasteiger partial charge in [0, 0.05) is 18.2 Å². The smallest absolute Gasteiger partial charge is 0.236 e. The molecule has 2 rings (SSSR count). The van der Waals surface area contributed by atoms with Crippen molar-refractivity contribution in [3.8, 4) is 0 Å². The van der Waals surface area contributed by atoms with E-state index in [1.54, 1.807) is 4.90 Å². The zero-order valence-electron chi connectivity index (χ0n) is 10.7. The minimum absolute atomic E-state index is 0.0876. The quantitative estimate of drug-likeness (QED) is 0.910. The second kappa shape index (κ2) is 6.10. The summed E-state index contributed by atoms with van der Waals surface area (Å²) in [5.41, 5.74) is 5.61. The number of nitrogens with two attached hydrogens (primary N) is 1. The average molecular weight is 268 g/mol. The van der Waals surface area contributed by atoms with E-state index in [1.807, 2.05) is 0 Å². The third kappa shape index (κ3) is 3.29. The molecule has 1 aromatic rings. The molecule has 1 amide bonds. The summed E-state index contributed by atoms with van der Waals surface area (Å²) in [4.78, 5) is 13.5. The van der Waals surface area contributed by atoms with Gasteiger partial charge in [0.2, 0.25) is 5.91 Å². The van der Waals surface area contributed by atoms with E-state index in [-0.39, 0.29) is 30.6 Å². The molecule has 1 aromatic carbocycles. The fourth-order valence-corrected chi connectivity index (χ4v) is 2.60. The van der Waals surface area contributed by atoms with E-state index < -0.39 is 11.6 Å². The SMILES string of the molecule is NCC(=O)N(Cc1cc(F)ccc1F)C1CCCC1. The van der Waals surface area contributed by atoms with Crippen LogP contribution in [0.15, 0.2) is 18.2 Å². The molecule has 0 aromatic heterocycles. The maximum Gasteiger partial charge on any atom is 0.236 e. The highest BCUT2D eigenvalue weighted by atomic mass is 19.1. The van der Waals surface area contributed by atoms with Gasteiger partial charge in [0.25, 0.3) is 0 Å². The van der Waals surface area contributed by atoms with Crippen molar-refractivity contribution in [1.29, 1.82) is 0 Å². The van der Waals surface area contributed by atoms with Crippen LogP contribution in [0.4, 0.5) is 8.78 Å². The van der Waals surface area contributed by atoms with Crippen LogP contribution < -0.4 is 5.73 Å². The van der Waals surface area contributed by atoms with Gasteiger partial charge in [-0.2, -0.15) is 0 Å². The molecule has 1 fully saturated rings. The molecule has 0 unspecified atom stereocenters. The van der Waals surface area contributed by atoms with Crippen molar-refractivity contribution in [3.63, 3.8) is 0 Å². The van der Waals surface area contributed by atoms with E-state index in [0.717, 1.165) is 43.9 Å². The number of amides is 1. The lowest BCUT2D eigenvalue weighted by molar-refractivity contribution is -0.132. The predicted octanol–water partition coefficient (Wildman–Crippen LogP) is 2.19. The van der Waals surface area contributed by atoms with Gasteiger partial charge in [0.15, 0.2) is 0 Å². The van der Waals surface area contributed by atoms with Gasteiger partial charge < -0.3 is 10.6 Å². The number of rotatable bonds is 4. The fourth-order valence-electron chi connectivity index (χ4n) is 2.60. The molecule has 19 heavy (non-hydrogen) atoms. The summed E-state index contributed by atoms with van der Waals surface area (Å²) in [5, 5.41) is 0. The zero-order valence-corrected chi connectivity index (χ0v) is 10.7. The van der Waals surface area contributed by atoms with Crippen LogP contribution in [0.1, 0.15) is 31.2 Å². The van der Waals surface area contributed by atoms with Crippen molar-refractivity contribution < 1.29 is 13.6 Å². The first-order valence-electron chi connectivity index (χ1n) is 6.55. The highest BCUT2D eigenvalue weighted by Crippen LogP contribution is 2.25. The molecule has 0 atom stereocenters. The first-order valence-corrected chi connectivity index (χ1v) is 6.55. The number of hydrogen-bond donors (Lipinski definition) is 1. The Morgan fingerprint density at radius 3 is 2.63 bits per heavy atom. The van der Waals surface area contributed by atoms with Crippen molar-refractivity contribution >= 4 is 5.91 Å². The van der Waals surface area contributed by atoms with Crippen LogP contribution in [0, 0.1) is 11.6 Å². The lowest BCUT2D eigenvalue weighted by atomic mass is 10.1. The summed E-state index contributed by atoms with van der Waals surface area (Å²) in [5.74, 6) is -1.20. The number of hydrogen-bond acceptors (Lipinski definition) is 2. The topological polar surface area (TPSA) is 46.3 Å². The van der Waals surface area contributed by atoms with Gasteiger partial charge in [0.1, 0.15) is 11.6 Å². The Bertz CT molecular complexity index is 459. The third-order valence-electron chi connectivity index (χ3n) is 3.61. The monoisotopic (exact) mass is 268 g/mol. The molecule has 5 heteroatoms. The van der Waals surface area contributed by atoms with Crippen LogP contribution >= 0.6 is 0 Å². The summed E-state index contributed by atoms with van der Waals surface area (Å²) in [6.45, 7) is -0.0161. The van der Waals surface area contributed by atoms with Crippen LogP contribution in [0.25, 0.3) is 0 Å². The Morgan fingerprint density at radius 1 is 1.32 bits per heavy atom. The molecule has 0 spiro atoms. The standard InChI is InChI=1S/C14H18F2N2O/c15-11-5-6-13(16)10(7-11)9-18(14(19)8-17)12-3-1-2-4-12/h5-7,12H,1-4,8-9,17H2. The summed E-state index contributed by atoms with van der Waals surface area (Å²) in [7, 11) is 0. The van der Waals surface area contributed by atoms with Crippen molar-refractivity contribution in [3.05, 3.63) is 35.4 Å². The van der Waals surface area contributed by atoms with Crippen LogP contribution in [0.5, 0.6) is 0 Å². The molecule has 3 nitrogen and oxygen atoms in total. The number of carbonyl (C=O) groups excluding carboxylic acids is 1. The third-order valence-corrected chi connectivity index (χ3v) is 3.61. The Morgan fingerprint density at radius 2 is 2.00 bits per heavy atom. The lowest BCUT2D eigenvalue weighted by Crippen LogP contribution is -2.42. The highest BCUT2D eigenvalue weighted by molar-refractivity contribution is 5.78. The normalized spacial score (nSPS) is 15.7. The summed E-state index contributed by atoms with van der Waals surface area (Å²) >= 11 is 0. The van der Waals surface area contributed by atoms with E-state index in [0.29, 0.717) is 0 Å². The van der Waals surface area contributed by atoms with Gasteiger partial charge in [-0.25, -0.2) is 8.78 Å². The molecule has 2 N–H and O–H groups in total. The van der Waals surface area contributed by atoms with E-state index in [1.165, 1.54) is 0 Å². The van der Waals surface area contributed by atoms with Crippen molar-refractivity contribution in [2.45, 2.75) is 38.3 Å². The first-order chi connectivity index (χ1) is 9.11. The number of halogens is 2. The van der Waals surface area contributed by atoms with Crippen LogP contribution in [-0.2, 0) is 11.3 Å². The minimum Gasteiger partial charge on any atom is -0.334 e. The first kappa shape index (κ1) is 13.9. The zero-order chi connectivity index (χ0) is 13.8. The molecule has 0 saturated heterocycles. The molecule has 0 radical (unpaired) electrons. The summed E-state index contributed by atoms with van der Waals surface area (Å²) < 4.78 is 26.8. The molecular weight excluding hydrogens is 250 g/mol. The average Bonchev–Trinajstić information content (AvgIpc) is 2.92. The molecule has 104 valence electrons. The molecule has 1 saturated carbocycles. The summed E-state index contributed by atoms with van der Waals surface area (Å²) in [6, 6.07) is 3.40. The fraction of sp³-hybridized carbons (Fsp3) is 0.500. The van der Waals surface area contributed by atoms with Crippen molar-refractivity contribution in [1.82, 2.24) is 4.90 Å². The number of benzene rings is 1. The van der Waals surface area contributed by atoms with Crippen LogP contribution in [-0.4, -0.2) is 23.4 Å². The van der Waals surface area contributed by atoms with Gasteiger partial charge in [-0.1, -0.05) is 12.8 Å². The Hall–Kier alpha value is -1.49. The van der Waals surface area contributed by atoms with Crippen molar-refractivity contribution in [2.24, 2.45) is 5.73 Å². The predicted molar refractivity (Wildman–Crippen MR) is 68.2 cm³/mol. The highest BCUT2D eigenvalue weighted by Gasteiger charge is 2.26. The second-order valence-corrected chi connectivity index (χ2v) is 4.90. The molecule has 0 bridgehead atoms.